The van der Waals surface area contributed by atoms with Gasteiger partial charge >= 0.3 is 0 Å². The summed E-state index contributed by atoms with van der Waals surface area (Å²) in [6, 6.07) is 15.4. The van der Waals surface area contributed by atoms with Crippen molar-refractivity contribution < 1.29 is 22.5 Å². The number of nitrogens with zero attached hydrogens (tertiary/aromatic N) is 3. The van der Waals surface area contributed by atoms with E-state index >= 15 is 0 Å². The quantitative estimate of drug-likeness (QED) is 0.260. The normalized spacial score (nSPS) is 11.7. The second kappa shape index (κ2) is 11.2. The molecular formula is C23H20ClFN4O5S. The first kappa shape index (κ1) is 25.9. The lowest BCUT2D eigenvalue weighted by Crippen LogP contribution is -2.39. The van der Waals surface area contributed by atoms with E-state index in [2.05, 4.69) is 10.5 Å². The lowest BCUT2D eigenvalue weighted by atomic mass is 10.2. The summed E-state index contributed by atoms with van der Waals surface area (Å²) in [5.41, 5.74) is 3.06. The van der Waals surface area contributed by atoms with Crippen molar-refractivity contribution in [1.82, 2.24) is 9.73 Å². The molecule has 0 aliphatic rings. The predicted octanol–water partition coefficient (Wildman–Crippen LogP) is 4.04. The Kier molecular flexibility index (Phi) is 8.28. The van der Waals surface area contributed by atoms with Gasteiger partial charge in [-0.25, -0.2) is 18.2 Å². The molecule has 0 atom stereocenters. The molecule has 0 fully saturated rings. The molecule has 0 unspecified atom stereocenters. The zero-order chi connectivity index (χ0) is 25.6. The number of nitro benzene ring substituents is 1. The minimum atomic E-state index is -4.17. The van der Waals surface area contributed by atoms with E-state index in [9.17, 15) is 27.7 Å². The zero-order valence-corrected chi connectivity index (χ0v) is 20.0. The molecule has 0 aliphatic carbocycles. The number of halogens is 2. The lowest BCUT2D eigenvalue weighted by Gasteiger charge is -2.22. The molecule has 0 aromatic heterocycles. The Hall–Kier alpha value is -3.67. The van der Waals surface area contributed by atoms with E-state index in [1.165, 1.54) is 48.5 Å². The van der Waals surface area contributed by atoms with Crippen molar-refractivity contribution >= 4 is 39.4 Å². The highest BCUT2D eigenvalue weighted by molar-refractivity contribution is 7.89. The van der Waals surface area contributed by atoms with Crippen molar-refractivity contribution in [2.45, 2.75) is 18.4 Å². The fourth-order valence-corrected chi connectivity index (χ4v) is 4.56. The average molecular weight is 519 g/mol. The van der Waals surface area contributed by atoms with Gasteiger partial charge in [-0.2, -0.15) is 9.41 Å². The number of rotatable bonds is 9. The standard InChI is InChI=1S/C23H20ClFN4O5S/c1-16-6-9-20(10-7-16)35(33,34)28(14-17-4-2-3-5-22(17)25)15-23(30)27-26-13-18-12-19(29(31)32)8-11-21(18)24/h2-13H,14-15H2,1H3,(H,27,30)/b26-13-. The summed E-state index contributed by atoms with van der Waals surface area (Å²) in [6.45, 7) is 0.744. The Balaban J connectivity index is 1.82. The summed E-state index contributed by atoms with van der Waals surface area (Å²) in [6.07, 6.45) is 1.10. The van der Waals surface area contributed by atoms with Crippen LogP contribution in [0, 0.1) is 22.9 Å². The van der Waals surface area contributed by atoms with Gasteiger partial charge in [0.1, 0.15) is 5.82 Å². The van der Waals surface area contributed by atoms with E-state index in [0.29, 0.717) is 0 Å². The van der Waals surface area contributed by atoms with E-state index in [1.807, 2.05) is 0 Å². The molecule has 0 saturated carbocycles. The predicted molar refractivity (Wildman–Crippen MR) is 129 cm³/mol. The number of nitro groups is 1. The van der Waals surface area contributed by atoms with Crippen molar-refractivity contribution in [2.24, 2.45) is 5.10 Å². The van der Waals surface area contributed by atoms with E-state index < -0.39 is 39.8 Å². The number of non-ortho nitro benzene ring substituents is 1. The first-order valence-electron chi connectivity index (χ1n) is 10.1. The molecule has 182 valence electrons. The molecule has 3 rings (SSSR count). The van der Waals surface area contributed by atoms with Crippen LogP contribution in [0.3, 0.4) is 0 Å². The molecule has 0 aliphatic heterocycles. The van der Waals surface area contributed by atoms with E-state index in [0.717, 1.165) is 16.1 Å². The molecule has 0 radical (unpaired) electrons. The third-order valence-electron chi connectivity index (χ3n) is 4.87. The number of hydrogen-bond acceptors (Lipinski definition) is 6. The van der Waals surface area contributed by atoms with Crippen LogP contribution in [-0.2, 0) is 21.4 Å². The number of carbonyl (C=O) groups is 1. The van der Waals surface area contributed by atoms with E-state index in [4.69, 9.17) is 11.6 Å². The minimum Gasteiger partial charge on any atom is -0.272 e. The molecule has 1 amide bonds. The van der Waals surface area contributed by atoms with Gasteiger partial charge in [0.25, 0.3) is 11.6 Å². The summed E-state index contributed by atoms with van der Waals surface area (Å²) in [4.78, 5) is 22.8. The van der Waals surface area contributed by atoms with Gasteiger partial charge in [0.15, 0.2) is 0 Å². The maximum atomic E-state index is 14.2. The molecule has 12 heteroatoms. The Morgan fingerprint density at radius 1 is 1.17 bits per heavy atom. The van der Waals surface area contributed by atoms with Crippen molar-refractivity contribution in [3.8, 4) is 0 Å². The fraction of sp³-hybridized carbons (Fsp3) is 0.130. The highest BCUT2D eigenvalue weighted by Crippen LogP contribution is 2.21. The maximum Gasteiger partial charge on any atom is 0.270 e. The van der Waals surface area contributed by atoms with Crippen LogP contribution in [0.25, 0.3) is 0 Å². The smallest absolute Gasteiger partial charge is 0.270 e. The lowest BCUT2D eigenvalue weighted by molar-refractivity contribution is -0.384. The molecule has 0 saturated heterocycles. The van der Waals surface area contributed by atoms with Crippen LogP contribution >= 0.6 is 11.6 Å². The highest BCUT2D eigenvalue weighted by Gasteiger charge is 2.27. The number of hydrogen-bond donors (Lipinski definition) is 1. The van der Waals surface area contributed by atoms with Crippen LogP contribution in [0.15, 0.2) is 76.7 Å². The monoisotopic (exact) mass is 518 g/mol. The number of carbonyl (C=O) groups excluding carboxylic acids is 1. The molecule has 3 aromatic rings. The zero-order valence-electron chi connectivity index (χ0n) is 18.4. The Morgan fingerprint density at radius 2 is 1.86 bits per heavy atom. The fourth-order valence-electron chi connectivity index (χ4n) is 3.01. The van der Waals surface area contributed by atoms with Gasteiger partial charge in [-0.15, -0.1) is 0 Å². The molecule has 0 heterocycles. The van der Waals surface area contributed by atoms with Gasteiger partial charge in [0.05, 0.1) is 22.6 Å². The Bertz CT molecular complexity index is 1380. The SMILES string of the molecule is Cc1ccc(S(=O)(=O)N(CC(=O)N/N=C\c2cc([N+](=O)[O-])ccc2Cl)Cc2ccccc2F)cc1. The molecule has 3 aromatic carbocycles. The van der Waals surface area contributed by atoms with Crippen molar-refractivity contribution in [3.63, 3.8) is 0 Å². The Labute approximate surface area is 206 Å². The topological polar surface area (TPSA) is 122 Å². The molecular weight excluding hydrogens is 499 g/mol. The highest BCUT2D eigenvalue weighted by atomic mass is 35.5. The third kappa shape index (κ3) is 6.69. The first-order valence-corrected chi connectivity index (χ1v) is 12.0. The summed E-state index contributed by atoms with van der Waals surface area (Å²) in [5.74, 6) is -1.43. The second-order valence-corrected chi connectivity index (χ2v) is 9.78. The van der Waals surface area contributed by atoms with Crippen LogP contribution in [0.5, 0.6) is 0 Å². The summed E-state index contributed by atoms with van der Waals surface area (Å²) < 4.78 is 41.6. The maximum absolute atomic E-state index is 14.2. The van der Waals surface area contributed by atoms with Gasteiger partial charge in [-0.1, -0.05) is 47.5 Å². The molecule has 0 spiro atoms. The average Bonchev–Trinajstić information content (AvgIpc) is 2.81. The van der Waals surface area contributed by atoms with Gasteiger partial charge in [-0.05, 0) is 31.2 Å². The van der Waals surface area contributed by atoms with E-state index in [1.54, 1.807) is 25.1 Å². The van der Waals surface area contributed by atoms with Gasteiger partial charge < -0.3 is 0 Å². The number of sulfonamides is 1. The molecule has 35 heavy (non-hydrogen) atoms. The first-order chi connectivity index (χ1) is 16.6. The van der Waals surface area contributed by atoms with Crippen LogP contribution in [0.4, 0.5) is 10.1 Å². The van der Waals surface area contributed by atoms with Crippen LogP contribution in [-0.4, -0.2) is 36.3 Å². The van der Waals surface area contributed by atoms with Crippen LogP contribution in [0.2, 0.25) is 5.02 Å². The minimum absolute atomic E-state index is 0.0564. The Morgan fingerprint density at radius 3 is 2.51 bits per heavy atom. The number of amides is 1. The summed E-state index contributed by atoms with van der Waals surface area (Å²) in [7, 11) is -4.17. The molecule has 1 N–H and O–H groups in total. The second-order valence-electron chi connectivity index (χ2n) is 7.43. The van der Waals surface area contributed by atoms with Gasteiger partial charge in [0.2, 0.25) is 10.0 Å². The summed E-state index contributed by atoms with van der Waals surface area (Å²) in [5, 5.41) is 14.8. The number of benzene rings is 3. The summed E-state index contributed by atoms with van der Waals surface area (Å²) >= 11 is 5.99. The number of nitrogens with one attached hydrogen (secondary N) is 1. The molecule has 9 nitrogen and oxygen atoms in total. The van der Waals surface area contributed by atoms with E-state index in [-0.39, 0.29) is 26.7 Å². The van der Waals surface area contributed by atoms with Crippen LogP contribution in [0.1, 0.15) is 16.7 Å². The number of aryl methyl sites for hydroxylation is 1. The van der Waals surface area contributed by atoms with Crippen LogP contribution < -0.4 is 5.43 Å². The van der Waals surface area contributed by atoms with Crippen molar-refractivity contribution in [3.05, 3.63) is 104 Å². The molecule has 0 bridgehead atoms. The third-order valence-corrected chi connectivity index (χ3v) is 7.02. The largest absolute Gasteiger partial charge is 0.272 e. The van der Waals surface area contributed by atoms with Gasteiger partial charge in [-0.3, -0.25) is 14.9 Å². The van der Waals surface area contributed by atoms with Gasteiger partial charge in [0, 0.05) is 34.8 Å². The number of hydrazone groups is 1. The van der Waals surface area contributed by atoms with Crippen molar-refractivity contribution in [1.29, 1.82) is 0 Å². The van der Waals surface area contributed by atoms with Crippen molar-refractivity contribution in [2.75, 3.05) is 6.54 Å².